The van der Waals surface area contributed by atoms with Gasteiger partial charge in [0, 0.05) is 0 Å². The van der Waals surface area contributed by atoms with Gasteiger partial charge in [0.2, 0.25) is 0 Å². The number of carboxylic acid groups (broad SMARTS) is 1. The Morgan fingerprint density at radius 1 is 1.23 bits per heavy atom. The zero-order valence-electron chi connectivity index (χ0n) is 8.62. The third-order valence-corrected chi connectivity index (χ3v) is 3.57. The van der Waals surface area contributed by atoms with Crippen molar-refractivity contribution < 1.29 is 9.90 Å². The Bertz CT molecular complexity index is 171. The van der Waals surface area contributed by atoms with Gasteiger partial charge in [0.05, 0.1) is 5.92 Å². The highest BCUT2D eigenvalue weighted by atomic mass is 16.4. The first-order chi connectivity index (χ1) is 6.13. The zero-order valence-corrected chi connectivity index (χ0v) is 8.62. The summed E-state index contributed by atoms with van der Waals surface area (Å²) in [5, 5.41) is 8.88. The molecule has 2 atom stereocenters. The van der Waals surface area contributed by atoms with Crippen molar-refractivity contribution in [2.45, 2.75) is 46.0 Å². The molecule has 1 rings (SSSR count). The molecule has 0 amide bonds. The lowest BCUT2D eigenvalue weighted by Crippen LogP contribution is -2.26. The zero-order chi connectivity index (χ0) is 9.84. The molecule has 1 unspecified atom stereocenters. The van der Waals surface area contributed by atoms with Crippen LogP contribution in [0.25, 0.3) is 0 Å². The highest BCUT2D eigenvalue weighted by Crippen LogP contribution is 2.33. The van der Waals surface area contributed by atoms with Crippen molar-refractivity contribution in [1.82, 2.24) is 0 Å². The van der Waals surface area contributed by atoms with E-state index >= 15 is 0 Å². The van der Waals surface area contributed by atoms with Gasteiger partial charge in [-0.2, -0.15) is 0 Å². The Hall–Kier alpha value is -0.530. The molecule has 1 saturated carbocycles. The monoisotopic (exact) mass is 184 g/mol. The molecule has 1 aliphatic carbocycles. The van der Waals surface area contributed by atoms with Crippen molar-refractivity contribution in [2.75, 3.05) is 0 Å². The van der Waals surface area contributed by atoms with Crippen LogP contribution in [0.5, 0.6) is 0 Å². The van der Waals surface area contributed by atoms with Gasteiger partial charge in [0.25, 0.3) is 0 Å². The van der Waals surface area contributed by atoms with Crippen LogP contribution in [-0.2, 0) is 4.79 Å². The maximum Gasteiger partial charge on any atom is 0.306 e. The predicted molar refractivity (Wildman–Crippen MR) is 52.5 cm³/mol. The van der Waals surface area contributed by atoms with Gasteiger partial charge in [-0.1, -0.05) is 46.0 Å². The van der Waals surface area contributed by atoms with Crippen molar-refractivity contribution in [3.8, 4) is 0 Å². The summed E-state index contributed by atoms with van der Waals surface area (Å²) < 4.78 is 0. The predicted octanol–water partition coefficient (Wildman–Crippen LogP) is 2.92. The first-order valence-corrected chi connectivity index (χ1v) is 5.35. The van der Waals surface area contributed by atoms with Crippen molar-refractivity contribution in [3.63, 3.8) is 0 Å². The Kier molecular flexibility index (Phi) is 3.76. The van der Waals surface area contributed by atoms with Crippen molar-refractivity contribution >= 4 is 5.97 Å². The van der Waals surface area contributed by atoms with Crippen LogP contribution in [0.2, 0.25) is 0 Å². The molecule has 0 heterocycles. The minimum absolute atomic E-state index is 0.178. The molecule has 76 valence electrons. The molecule has 0 spiro atoms. The summed E-state index contributed by atoms with van der Waals surface area (Å²) in [6.45, 7) is 3.93. The van der Waals surface area contributed by atoms with E-state index in [9.17, 15) is 4.79 Å². The van der Waals surface area contributed by atoms with Crippen LogP contribution in [0.1, 0.15) is 46.0 Å². The van der Waals surface area contributed by atoms with E-state index in [2.05, 4.69) is 6.92 Å². The van der Waals surface area contributed by atoms with Gasteiger partial charge < -0.3 is 5.11 Å². The summed E-state index contributed by atoms with van der Waals surface area (Å²) in [6.07, 6.45) is 6.39. The summed E-state index contributed by atoms with van der Waals surface area (Å²) in [7, 11) is 0. The molecule has 2 nitrogen and oxygen atoms in total. The molecule has 0 radical (unpaired) electrons. The fourth-order valence-electron chi connectivity index (χ4n) is 2.29. The van der Waals surface area contributed by atoms with Gasteiger partial charge >= 0.3 is 5.97 Å². The van der Waals surface area contributed by atoms with Crippen LogP contribution in [0, 0.1) is 17.8 Å². The van der Waals surface area contributed by atoms with Crippen LogP contribution in [0.4, 0.5) is 0 Å². The lowest BCUT2D eigenvalue weighted by Gasteiger charge is -2.29. The van der Waals surface area contributed by atoms with Crippen LogP contribution in [0.3, 0.4) is 0 Å². The summed E-state index contributed by atoms with van der Waals surface area (Å²) >= 11 is 0. The van der Waals surface area contributed by atoms with E-state index in [1.807, 2.05) is 6.92 Å². The van der Waals surface area contributed by atoms with Crippen molar-refractivity contribution in [1.29, 1.82) is 0 Å². The Labute approximate surface area is 80.3 Å². The Morgan fingerprint density at radius 2 is 1.77 bits per heavy atom. The second kappa shape index (κ2) is 4.64. The summed E-state index contributed by atoms with van der Waals surface area (Å²) in [4.78, 5) is 10.8. The van der Waals surface area contributed by atoms with Gasteiger partial charge in [-0.3, -0.25) is 4.79 Å². The number of carbonyl (C=O) groups is 1. The number of aliphatic carboxylic acids is 1. The largest absolute Gasteiger partial charge is 0.481 e. The fraction of sp³-hybridized carbons (Fsp3) is 0.909. The minimum atomic E-state index is -0.641. The summed E-state index contributed by atoms with van der Waals surface area (Å²) in [5.41, 5.74) is 0. The third-order valence-electron chi connectivity index (χ3n) is 3.57. The van der Waals surface area contributed by atoms with E-state index in [4.69, 9.17) is 5.11 Å². The van der Waals surface area contributed by atoms with Gasteiger partial charge in [-0.15, -0.1) is 0 Å². The lowest BCUT2D eigenvalue weighted by molar-refractivity contribution is -0.143. The first-order valence-electron chi connectivity index (χ1n) is 5.35. The average Bonchev–Trinajstić information content (AvgIpc) is 2.17. The Balaban J connectivity index is 2.44. The maximum absolute atomic E-state index is 10.8. The average molecular weight is 184 g/mol. The molecular formula is C11H20O2. The van der Waals surface area contributed by atoms with E-state index < -0.39 is 5.97 Å². The molecule has 1 N–H and O–H groups in total. The molecule has 0 aromatic heterocycles. The van der Waals surface area contributed by atoms with Gasteiger partial charge in [-0.25, -0.2) is 0 Å². The van der Waals surface area contributed by atoms with E-state index in [0.29, 0.717) is 11.8 Å². The van der Waals surface area contributed by atoms with E-state index in [0.717, 1.165) is 0 Å². The van der Waals surface area contributed by atoms with Crippen molar-refractivity contribution in [2.24, 2.45) is 17.8 Å². The van der Waals surface area contributed by atoms with E-state index in [1.165, 1.54) is 32.1 Å². The van der Waals surface area contributed by atoms with E-state index in [-0.39, 0.29) is 5.92 Å². The molecule has 0 aliphatic heterocycles. The van der Waals surface area contributed by atoms with Gasteiger partial charge in [0.15, 0.2) is 0 Å². The number of rotatable bonds is 3. The molecule has 0 aromatic carbocycles. The normalized spacial score (nSPS) is 23.8. The Morgan fingerprint density at radius 3 is 2.23 bits per heavy atom. The third kappa shape index (κ3) is 2.71. The molecule has 2 heteroatoms. The number of hydrogen-bond acceptors (Lipinski definition) is 1. The second-order valence-corrected chi connectivity index (χ2v) is 4.38. The summed E-state index contributed by atoms with van der Waals surface area (Å²) in [6, 6.07) is 0. The molecule has 1 aliphatic rings. The molecule has 13 heavy (non-hydrogen) atoms. The van der Waals surface area contributed by atoms with Gasteiger partial charge in [0.1, 0.15) is 0 Å². The first kappa shape index (κ1) is 10.6. The smallest absolute Gasteiger partial charge is 0.306 e. The van der Waals surface area contributed by atoms with Crippen LogP contribution in [-0.4, -0.2) is 11.1 Å². The van der Waals surface area contributed by atoms with Crippen LogP contribution < -0.4 is 0 Å². The molecular weight excluding hydrogens is 164 g/mol. The molecule has 0 bridgehead atoms. The summed E-state index contributed by atoms with van der Waals surface area (Å²) in [5.74, 6) is 0.179. The van der Waals surface area contributed by atoms with Gasteiger partial charge in [-0.05, 0) is 11.8 Å². The second-order valence-electron chi connectivity index (χ2n) is 4.38. The SMILES string of the molecule is CC(C1CCCCC1)[C@H](C)C(=O)O. The highest BCUT2D eigenvalue weighted by Gasteiger charge is 2.27. The maximum atomic E-state index is 10.8. The molecule has 1 fully saturated rings. The van der Waals surface area contributed by atoms with Crippen LogP contribution in [0.15, 0.2) is 0 Å². The molecule has 0 saturated heterocycles. The van der Waals surface area contributed by atoms with Crippen molar-refractivity contribution in [3.05, 3.63) is 0 Å². The van der Waals surface area contributed by atoms with E-state index in [1.54, 1.807) is 0 Å². The minimum Gasteiger partial charge on any atom is -0.481 e. The van der Waals surface area contributed by atoms with Crippen LogP contribution >= 0.6 is 0 Å². The number of hydrogen-bond donors (Lipinski definition) is 1. The quantitative estimate of drug-likeness (QED) is 0.732. The lowest BCUT2D eigenvalue weighted by atomic mass is 9.76. The topological polar surface area (TPSA) is 37.3 Å². The highest BCUT2D eigenvalue weighted by molar-refractivity contribution is 5.69. The standard InChI is InChI=1S/C11H20O2/c1-8(9(2)11(12)13)10-6-4-3-5-7-10/h8-10H,3-7H2,1-2H3,(H,12,13)/t8?,9-/m0/s1. The molecule has 0 aromatic rings. The number of carboxylic acids is 1. The fourth-order valence-corrected chi connectivity index (χ4v) is 2.29.